The maximum atomic E-state index is 12.6. The van der Waals surface area contributed by atoms with Crippen molar-refractivity contribution >= 4 is 23.1 Å². The van der Waals surface area contributed by atoms with Crippen LogP contribution < -0.4 is 11.3 Å². The Morgan fingerprint density at radius 3 is 2.56 bits per heavy atom. The highest BCUT2D eigenvalue weighted by Crippen LogP contribution is 2.41. The third-order valence-corrected chi connectivity index (χ3v) is 7.41. The maximum Gasteiger partial charge on any atom is 0.306 e. The number of ether oxygens (including phenoxy) is 1. The van der Waals surface area contributed by atoms with Crippen molar-refractivity contribution in [1.82, 2.24) is 19.5 Å². The van der Waals surface area contributed by atoms with Crippen LogP contribution in [0.25, 0.3) is 11.2 Å². The van der Waals surface area contributed by atoms with Gasteiger partial charge in [0.2, 0.25) is 5.95 Å². The van der Waals surface area contributed by atoms with Crippen LogP contribution in [0.5, 0.6) is 0 Å². The molecule has 0 bridgehead atoms. The van der Waals surface area contributed by atoms with Gasteiger partial charge in [-0.05, 0) is 44.1 Å². The third kappa shape index (κ3) is 8.92. The monoisotopic (exact) mass is 539 g/mol. The topological polar surface area (TPSA) is 136 Å². The number of nitrogens with two attached hydrogens (primary N) is 1. The Bertz CT molecular complexity index is 1180. The average molecular weight is 540 g/mol. The number of hydrogen-bond donors (Lipinski definition) is 3. The van der Waals surface area contributed by atoms with Crippen molar-refractivity contribution in [3.05, 3.63) is 53.1 Å². The number of H-pyrrole nitrogens is 1. The lowest BCUT2D eigenvalue weighted by atomic mass is 10.0. The number of carbonyl (C=O) groups is 1. The molecule has 0 spiro atoms. The summed E-state index contributed by atoms with van der Waals surface area (Å²) in [5.41, 5.74) is 6.54. The smallest absolute Gasteiger partial charge is 0.306 e. The number of aromatic nitrogens is 4. The number of esters is 1. The maximum absolute atomic E-state index is 12.6. The van der Waals surface area contributed by atoms with Crippen LogP contribution in [0.4, 0.5) is 5.95 Å². The Morgan fingerprint density at radius 2 is 1.85 bits per heavy atom. The lowest BCUT2D eigenvalue weighted by Gasteiger charge is -2.18. The highest BCUT2D eigenvalue weighted by atomic mass is 16.5. The number of fused-ring (bicyclic) bond motifs is 1. The number of nitrogen functional groups attached to an aromatic ring is 1. The standard InChI is InChI=1S/C30H45N5O4/c1-3-4-5-6-7-8-9-10-11-12-13-14-15-16-17-18-26(37)39-25-19-24(22(2)23(25)20-36)35-21-32-27-28(35)33-30(31)34-29(27)38/h7-8,10-11,21,23-25,36H,2-6,9,12-20H2,1H3,(H3,31,33,34,38)/b8-7-,11-10?/t23-,24-,25-/m0/s1. The number of hydrogen-bond acceptors (Lipinski definition) is 7. The van der Waals surface area contributed by atoms with Crippen LogP contribution in [0.15, 0.2) is 47.6 Å². The van der Waals surface area contributed by atoms with Crippen molar-refractivity contribution in [1.29, 1.82) is 0 Å². The molecule has 1 saturated carbocycles. The van der Waals surface area contributed by atoms with Gasteiger partial charge in [0.05, 0.1) is 19.0 Å². The van der Waals surface area contributed by atoms with E-state index in [4.69, 9.17) is 10.5 Å². The van der Waals surface area contributed by atoms with Crippen molar-refractivity contribution in [3.63, 3.8) is 0 Å². The molecule has 9 heteroatoms. The Morgan fingerprint density at radius 1 is 1.15 bits per heavy atom. The summed E-state index contributed by atoms with van der Waals surface area (Å²) in [5, 5.41) is 9.98. The molecule has 0 unspecified atom stereocenters. The minimum absolute atomic E-state index is 0.00284. The van der Waals surface area contributed by atoms with E-state index in [0.717, 1.165) is 38.5 Å². The van der Waals surface area contributed by atoms with E-state index in [1.165, 1.54) is 38.4 Å². The molecule has 2 aromatic rings. The molecule has 2 aromatic heterocycles. The second kappa shape index (κ2) is 16.0. The molecular weight excluding hydrogens is 494 g/mol. The molecule has 3 atom stereocenters. The second-order valence-corrected chi connectivity index (χ2v) is 10.4. The first-order chi connectivity index (χ1) is 19.0. The van der Waals surface area contributed by atoms with Gasteiger partial charge in [0.1, 0.15) is 6.10 Å². The van der Waals surface area contributed by atoms with Crippen LogP contribution in [-0.2, 0) is 9.53 Å². The molecule has 9 nitrogen and oxygen atoms in total. The fourth-order valence-corrected chi connectivity index (χ4v) is 5.16. The number of anilines is 1. The quantitative estimate of drug-likeness (QED) is 0.136. The van der Waals surface area contributed by atoms with Crippen LogP contribution in [0.2, 0.25) is 0 Å². The highest BCUT2D eigenvalue weighted by Gasteiger charge is 2.41. The molecule has 0 amide bonds. The molecule has 0 aromatic carbocycles. The largest absolute Gasteiger partial charge is 0.462 e. The Hall–Kier alpha value is -3.20. The average Bonchev–Trinajstić information content (AvgIpc) is 3.46. The van der Waals surface area contributed by atoms with E-state index >= 15 is 0 Å². The molecule has 1 fully saturated rings. The number of aromatic amines is 1. The van der Waals surface area contributed by atoms with Crippen molar-refractivity contribution in [2.75, 3.05) is 12.3 Å². The first-order valence-corrected chi connectivity index (χ1v) is 14.5. The first kappa shape index (κ1) is 30.3. The van der Waals surface area contributed by atoms with Crippen LogP contribution in [-0.4, -0.2) is 43.3 Å². The fraction of sp³-hybridized carbons (Fsp3) is 0.600. The number of aliphatic hydroxyl groups excluding tert-OH is 1. The molecule has 0 radical (unpaired) electrons. The van der Waals surface area contributed by atoms with Crippen LogP contribution in [0.3, 0.4) is 0 Å². The van der Waals surface area contributed by atoms with Gasteiger partial charge in [-0.15, -0.1) is 0 Å². The molecule has 3 rings (SSSR count). The summed E-state index contributed by atoms with van der Waals surface area (Å²) in [6.07, 6.45) is 23.2. The van der Waals surface area contributed by atoms with Gasteiger partial charge in [-0.3, -0.25) is 14.6 Å². The summed E-state index contributed by atoms with van der Waals surface area (Å²) in [6.45, 7) is 6.19. The zero-order valence-corrected chi connectivity index (χ0v) is 23.3. The van der Waals surface area contributed by atoms with Crippen molar-refractivity contribution in [3.8, 4) is 0 Å². The van der Waals surface area contributed by atoms with Crippen molar-refractivity contribution in [2.24, 2.45) is 5.92 Å². The highest BCUT2D eigenvalue weighted by molar-refractivity contribution is 5.71. The number of nitrogens with zero attached hydrogens (tertiary/aromatic N) is 3. The Balaban J connectivity index is 1.34. The van der Waals surface area contributed by atoms with E-state index in [9.17, 15) is 14.7 Å². The molecule has 39 heavy (non-hydrogen) atoms. The first-order valence-electron chi connectivity index (χ1n) is 14.5. The molecule has 0 aliphatic heterocycles. The van der Waals surface area contributed by atoms with Crippen molar-refractivity contribution < 1.29 is 14.6 Å². The normalized spacial score (nSPS) is 19.6. The van der Waals surface area contributed by atoms with Crippen LogP contribution >= 0.6 is 0 Å². The third-order valence-electron chi connectivity index (χ3n) is 7.41. The Kier molecular flexibility index (Phi) is 12.5. The number of aliphatic hydroxyl groups is 1. The summed E-state index contributed by atoms with van der Waals surface area (Å²) in [6, 6.07) is -0.311. The molecule has 2 heterocycles. The zero-order chi connectivity index (χ0) is 28.0. The van der Waals surface area contributed by atoms with E-state index in [0.29, 0.717) is 24.1 Å². The van der Waals surface area contributed by atoms with Gasteiger partial charge < -0.3 is 20.1 Å². The number of carbonyl (C=O) groups excluding carboxylic acids is 1. The zero-order valence-electron chi connectivity index (χ0n) is 23.3. The van der Waals surface area contributed by atoms with Gasteiger partial charge in [0.25, 0.3) is 5.56 Å². The van der Waals surface area contributed by atoms with Gasteiger partial charge in [-0.25, -0.2) is 4.98 Å². The molecule has 1 aliphatic rings. The summed E-state index contributed by atoms with van der Waals surface area (Å²) < 4.78 is 7.49. The Labute approximate surface area is 231 Å². The summed E-state index contributed by atoms with van der Waals surface area (Å²) in [5.74, 6) is -0.649. The number of unbranched alkanes of at least 4 members (excludes halogenated alkanes) is 8. The lowest BCUT2D eigenvalue weighted by Crippen LogP contribution is -2.25. The van der Waals surface area contributed by atoms with Gasteiger partial charge in [-0.2, -0.15) is 4.98 Å². The second-order valence-electron chi connectivity index (χ2n) is 10.4. The number of rotatable bonds is 17. The summed E-state index contributed by atoms with van der Waals surface area (Å²) in [4.78, 5) is 35.5. The molecule has 0 saturated heterocycles. The molecule has 214 valence electrons. The van der Waals surface area contributed by atoms with Crippen LogP contribution in [0, 0.1) is 5.92 Å². The minimum atomic E-state index is -0.491. The minimum Gasteiger partial charge on any atom is -0.462 e. The number of imidazole rings is 1. The summed E-state index contributed by atoms with van der Waals surface area (Å²) in [7, 11) is 0. The number of nitrogens with one attached hydrogen (secondary N) is 1. The van der Waals surface area contributed by atoms with E-state index < -0.39 is 11.7 Å². The van der Waals surface area contributed by atoms with Crippen LogP contribution in [0.1, 0.15) is 96.4 Å². The predicted molar refractivity (Wildman–Crippen MR) is 155 cm³/mol. The van der Waals surface area contributed by atoms with Gasteiger partial charge in [0.15, 0.2) is 11.2 Å². The molecule has 1 aliphatic carbocycles. The van der Waals surface area contributed by atoms with E-state index in [-0.39, 0.29) is 36.0 Å². The van der Waals surface area contributed by atoms with Gasteiger partial charge in [0, 0.05) is 18.8 Å². The predicted octanol–water partition coefficient (Wildman–Crippen LogP) is 5.54. The van der Waals surface area contributed by atoms with Crippen molar-refractivity contribution in [2.45, 2.75) is 103 Å². The van der Waals surface area contributed by atoms with Gasteiger partial charge >= 0.3 is 5.97 Å². The molecular formula is C30H45N5O4. The SMILES string of the molecule is C=C1[C@H](CO)[C@@H](OC(=O)CCCCCCCC=CC/C=C\CCCCC)C[C@@H]1n1cnc2c(=O)[nH]c(N)nc21. The molecule has 4 N–H and O–H groups in total. The summed E-state index contributed by atoms with van der Waals surface area (Å²) >= 11 is 0. The van der Waals surface area contributed by atoms with E-state index in [1.54, 1.807) is 4.57 Å². The fourth-order valence-electron chi connectivity index (χ4n) is 5.16. The van der Waals surface area contributed by atoms with Gasteiger partial charge in [-0.1, -0.05) is 69.9 Å². The number of allylic oxidation sites excluding steroid dienone is 4. The van der Waals surface area contributed by atoms with E-state index in [2.05, 4.69) is 52.8 Å². The van der Waals surface area contributed by atoms with E-state index in [1.807, 2.05) is 0 Å². The lowest BCUT2D eigenvalue weighted by molar-refractivity contribution is -0.151.